The molecule has 0 aliphatic rings. The van der Waals surface area contributed by atoms with E-state index in [2.05, 4.69) is 10.3 Å². The Morgan fingerprint density at radius 2 is 1.89 bits per heavy atom. The van der Waals surface area contributed by atoms with Crippen LogP contribution in [0.3, 0.4) is 0 Å². The first-order valence-corrected chi connectivity index (χ1v) is 10.2. The number of benzene rings is 2. The molecule has 0 bridgehead atoms. The van der Waals surface area contributed by atoms with Gasteiger partial charge in [-0.3, -0.25) is 5.32 Å². The third-order valence-corrected chi connectivity index (χ3v) is 5.74. The van der Waals surface area contributed by atoms with E-state index in [-0.39, 0.29) is 10.0 Å². The smallest absolute Gasteiger partial charge is 0.334 e. The Balaban J connectivity index is 1.75. The van der Waals surface area contributed by atoms with Crippen LogP contribution in [0.2, 0.25) is 0 Å². The highest BCUT2D eigenvalue weighted by Crippen LogP contribution is 2.32. The van der Waals surface area contributed by atoms with Crippen molar-refractivity contribution in [2.45, 2.75) is 11.8 Å². The third-order valence-electron chi connectivity index (χ3n) is 3.64. The van der Waals surface area contributed by atoms with Gasteiger partial charge in [0.1, 0.15) is 5.75 Å². The lowest BCUT2D eigenvalue weighted by atomic mass is 10.1. The van der Waals surface area contributed by atoms with Crippen molar-refractivity contribution in [1.29, 1.82) is 0 Å². The molecule has 0 saturated carbocycles. The summed E-state index contributed by atoms with van der Waals surface area (Å²) in [6.07, 6.45) is 0. The maximum atomic E-state index is 12.2. The number of sulfonamides is 1. The van der Waals surface area contributed by atoms with Gasteiger partial charge < -0.3 is 4.74 Å². The summed E-state index contributed by atoms with van der Waals surface area (Å²) in [4.78, 5) is 16.4. The average molecular weight is 403 g/mol. The van der Waals surface area contributed by atoms with Crippen LogP contribution in [0.1, 0.15) is 5.56 Å². The highest BCUT2D eigenvalue weighted by molar-refractivity contribution is 7.90. The molecule has 140 valence electrons. The van der Waals surface area contributed by atoms with Gasteiger partial charge >= 0.3 is 6.03 Å². The number of carbonyl (C=O) groups is 1. The molecule has 0 spiro atoms. The maximum absolute atomic E-state index is 12.2. The lowest BCUT2D eigenvalue weighted by Crippen LogP contribution is -2.34. The number of rotatable bonds is 5. The molecule has 0 unspecified atom stereocenters. The molecular weight excluding hydrogens is 386 g/mol. The van der Waals surface area contributed by atoms with Crippen molar-refractivity contribution in [2.24, 2.45) is 0 Å². The Bertz CT molecular complexity index is 1060. The van der Waals surface area contributed by atoms with Gasteiger partial charge in [0.2, 0.25) is 0 Å². The molecule has 0 atom stereocenters. The minimum atomic E-state index is -3.95. The zero-order valence-corrected chi connectivity index (χ0v) is 16.2. The lowest BCUT2D eigenvalue weighted by Gasteiger charge is -2.07. The molecule has 1 heterocycles. The molecule has 2 amide bonds. The van der Waals surface area contributed by atoms with E-state index in [4.69, 9.17) is 4.74 Å². The monoisotopic (exact) mass is 403 g/mol. The molecule has 0 aliphatic heterocycles. The van der Waals surface area contributed by atoms with Crippen LogP contribution in [-0.2, 0) is 10.0 Å². The summed E-state index contributed by atoms with van der Waals surface area (Å²) >= 11 is 1.19. The molecule has 1 aromatic heterocycles. The standard InChI is InChI=1S/C18H17N3O4S2/c1-12-8-9-16(25-2)14(10-12)15-11-26-18(19-15)20-17(22)21-27(23,24)13-6-4-3-5-7-13/h3-11H,1-2H3,(H2,19,20,21,22). The number of carbonyl (C=O) groups excluding carboxylic acids is 1. The lowest BCUT2D eigenvalue weighted by molar-refractivity contribution is 0.256. The Morgan fingerprint density at radius 3 is 2.59 bits per heavy atom. The Hall–Kier alpha value is -2.91. The number of nitrogens with one attached hydrogen (secondary N) is 2. The van der Waals surface area contributed by atoms with Crippen molar-refractivity contribution in [3.63, 3.8) is 0 Å². The second-order valence-corrected chi connectivity index (χ2v) is 8.15. The minimum Gasteiger partial charge on any atom is -0.496 e. The summed E-state index contributed by atoms with van der Waals surface area (Å²) in [6, 6.07) is 12.5. The van der Waals surface area contributed by atoms with Crippen molar-refractivity contribution in [2.75, 3.05) is 12.4 Å². The number of urea groups is 1. The summed E-state index contributed by atoms with van der Waals surface area (Å²) in [5.41, 5.74) is 2.46. The van der Waals surface area contributed by atoms with E-state index >= 15 is 0 Å². The number of hydrogen-bond acceptors (Lipinski definition) is 6. The van der Waals surface area contributed by atoms with Crippen LogP contribution >= 0.6 is 11.3 Å². The van der Waals surface area contributed by atoms with Crippen LogP contribution < -0.4 is 14.8 Å². The molecule has 9 heteroatoms. The van der Waals surface area contributed by atoms with Crippen LogP contribution in [0.5, 0.6) is 5.75 Å². The van der Waals surface area contributed by atoms with Crippen molar-refractivity contribution < 1.29 is 17.9 Å². The van der Waals surface area contributed by atoms with E-state index in [1.165, 1.54) is 23.5 Å². The number of ether oxygens (including phenoxy) is 1. The van der Waals surface area contributed by atoms with Crippen molar-refractivity contribution in [3.05, 3.63) is 59.5 Å². The maximum Gasteiger partial charge on any atom is 0.334 e. The molecule has 0 aliphatic carbocycles. The van der Waals surface area contributed by atoms with Gasteiger partial charge in [-0.05, 0) is 31.2 Å². The number of anilines is 1. The second kappa shape index (κ2) is 7.77. The molecule has 7 nitrogen and oxygen atoms in total. The zero-order chi connectivity index (χ0) is 19.4. The molecule has 3 rings (SSSR count). The SMILES string of the molecule is COc1ccc(C)cc1-c1csc(NC(=O)NS(=O)(=O)c2ccccc2)n1. The molecule has 0 radical (unpaired) electrons. The van der Waals surface area contributed by atoms with Crippen LogP contribution in [0.4, 0.5) is 9.93 Å². The summed E-state index contributed by atoms with van der Waals surface area (Å²) < 4.78 is 31.7. The summed E-state index contributed by atoms with van der Waals surface area (Å²) in [7, 11) is -2.38. The van der Waals surface area contributed by atoms with Crippen molar-refractivity contribution >= 4 is 32.5 Å². The van der Waals surface area contributed by atoms with Gasteiger partial charge in [-0.2, -0.15) is 0 Å². The highest BCUT2D eigenvalue weighted by Gasteiger charge is 2.18. The summed E-state index contributed by atoms with van der Waals surface area (Å²) in [5, 5.41) is 4.48. The van der Waals surface area contributed by atoms with E-state index in [1.54, 1.807) is 30.7 Å². The van der Waals surface area contributed by atoms with Gasteiger partial charge in [-0.15, -0.1) is 11.3 Å². The van der Waals surface area contributed by atoms with Gasteiger partial charge in [0.25, 0.3) is 10.0 Å². The second-order valence-electron chi connectivity index (χ2n) is 5.61. The fraction of sp³-hybridized carbons (Fsp3) is 0.111. The topological polar surface area (TPSA) is 97.4 Å². The number of hydrogen-bond donors (Lipinski definition) is 2. The molecule has 2 N–H and O–H groups in total. The molecular formula is C18H17N3O4S2. The summed E-state index contributed by atoms with van der Waals surface area (Å²) in [6.45, 7) is 1.95. The zero-order valence-electron chi connectivity index (χ0n) is 14.6. The van der Waals surface area contributed by atoms with Gasteiger partial charge in [0.05, 0.1) is 17.7 Å². The van der Waals surface area contributed by atoms with Crippen LogP contribution in [0, 0.1) is 6.92 Å². The van der Waals surface area contributed by atoms with Crippen molar-refractivity contribution in [3.8, 4) is 17.0 Å². The molecule has 0 saturated heterocycles. The molecule has 0 fully saturated rings. The van der Waals surface area contributed by atoms with E-state index in [9.17, 15) is 13.2 Å². The first-order valence-electron chi connectivity index (χ1n) is 7.88. The average Bonchev–Trinajstić information content (AvgIpc) is 3.10. The third kappa shape index (κ3) is 4.44. The van der Waals surface area contributed by atoms with Gasteiger partial charge in [-0.25, -0.2) is 22.9 Å². The van der Waals surface area contributed by atoms with Crippen LogP contribution in [-0.4, -0.2) is 26.5 Å². The number of aryl methyl sites for hydroxylation is 1. The Morgan fingerprint density at radius 1 is 1.15 bits per heavy atom. The Labute approximate surface area is 161 Å². The fourth-order valence-electron chi connectivity index (χ4n) is 2.38. The normalized spacial score (nSPS) is 11.0. The highest BCUT2D eigenvalue weighted by atomic mass is 32.2. The van der Waals surface area contributed by atoms with E-state index in [0.717, 1.165) is 11.1 Å². The minimum absolute atomic E-state index is 0.00414. The van der Waals surface area contributed by atoms with E-state index in [1.807, 2.05) is 29.8 Å². The van der Waals surface area contributed by atoms with Crippen LogP contribution in [0.25, 0.3) is 11.3 Å². The number of amides is 2. The first-order chi connectivity index (χ1) is 12.9. The predicted molar refractivity (Wildman–Crippen MR) is 105 cm³/mol. The van der Waals surface area contributed by atoms with Gasteiger partial charge in [0.15, 0.2) is 5.13 Å². The molecule has 27 heavy (non-hydrogen) atoms. The predicted octanol–water partition coefficient (Wildman–Crippen LogP) is 3.64. The van der Waals surface area contributed by atoms with E-state index < -0.39 is 16.1 Å². The first kappa shape index (κ1) is 18.9. The van der Waals surface area contributed by atoms with E-state index in [0.29, 0.717) is 11.4 Å². The van der Waals surface area contributed by atoms with Crippen molar-refractivity contribution in [1.82, 2.24) is 9.71 Å². The number of thiazole rings is 1. The molecule has 2 aromatic carbocycles. The number of methoxy groups -OCH3 is 1. The van der Waals surface area contributed by atoms with Gasteiger partial charge in [-0.1, -0.05) is 29.8 Å². The molecule has 3 aromatic rings. The number of aromatic nitrogens is 1. The number of nitrogens with zero attached hydrogens (tertiary/aromatic N) is 1. The van der Waals surface area contributed by atoms with Crippen LogP contribution in [0.15, 0.2) is 58.8 Å². The fourth-order valence-corrected chi connectivity index (χ4v) is 4.01. The largest absolute Gasteiger partial charge is 0.496 e. The quantitative estimate of drug-likeness (QED) is 0.678. The Kier molecular flexibility index (Phi) is 5.43. The summed E-state index contributed by atoms with van der Waals surface area (Å²) in [5.74, 6) is 0.661. The van der Waals surface area contributed by atoms with Gasteiger partial charge in [0, 0.05) is 10.9 Å².